The van der Waals surface area contributed by atoms with Crippen LogP contribution in [0.1, 0.15) is 54.4 Å². The summed E-state index contributed by atoms with van der Waals surface area (Å²) >= 11 is 0. The molecule has 4 aliphatic rings. The molecule has 7 rings (SSSR count). The van der Waals surface area contributed by atoms with Gasteiger partial charge in [0, 0.05) is 5.56 Å². The Hall–Kier alpha value is -3.07. The molecule has 194 valence electrons. The smallest absolute Gasteiger partial charge is 0.478 e. The molecule has 3 aromatic rings. The summed E-state index contributed by atoms with van der Waals surface area (Å²) in [6, 6.07) is 15.1. The maximum atomic E-state index is 13.2. The molecule has 0 unspecified atom stereocenters. The number of fused-ring (bicyclic) bond motifs is 1. The summed E-state index contributed by atoms with van der Waals surface area (Å²) in [6.45, 7) is 0. The lowest BCUT2D eigenvalue weighted by Gasteiger charge is -2.57. The van der Waals surface area contributed by atoms with Gasteiger partial charge in [0.05, 0.1) is 5.56 Å². The molecular weight excluding hydrogens is 505 g/mol. The zero-order chi connectivity index (χ0) is 26.2. The molecule has 37 heavy (non-hydrogen) atoms. The molecular formula is C28H25F3O5S. The van der Waals surface area contributed by atoms with Gasteiger partial charge >= 0.3 is 21.6 Å². The van der Waals surface area contributed by atoms with E-state index in [2.05, 4.69) is 0 Å². The van der Waals surface area contributed by atoms with Gasteiger partial charge < -0.3 is 9.29 Å². The molecule has 0 heterocycles. The number of aromatic carboxylic acids is 1. The normalized spacial score (nSPS) is 26.9. The Morgan fingerprint density at radius 3 is 1.97 bits per heavy atom. The van der Waals surface area contributed by atoms with Crippen LogP contribution in [0.5, 0.6) is 5.75 Å². The van der Waals surface area contributed by atoms with Crippen LogP contribution < -0.4 is 4.18 Å². The minimum absolute atomic E-state index is 0.178. The van der Waals surface area contributed by atoms with E-state index < -0.39 is 27.0 Å². The first-order valence-electron chi connectivity index (χ1n) is 12.4. The van der Waals surface area contributed by atoms with Crippen molar-refractivity contribution < 1.29 is 35.7 Å². The average Bonchev–Trinajstić information content (AvgIpc) is 2.81. The largest absolute Gasteiger partial charge is 0.534 e. The van der Waals surface area contributed by atoms with E-state index in [0.717, 1.165) is 60.4 Å². The van der Waals surface area contributed by atoms with Crippen LogP contribution in [0.4, 0.5) is 13.2 Å². The van der Waals surface area contributed by atoms with Crippen molar-refractivity contribution in [2.24, 2.45) is 17.8 Å². The second kappa shape index (κ2) is 8.21. The third-order valence-corrected chi connectivity index (χ3v) is 9.46. The minimum atomic E-state index is -5.81. The zero-order valence-electron chi connectivity index (χ0n) is 19.8. The van der Waals surface area contributed by atoms with Gasteiger partial charge in [-0.15, -0.1) is 0 Å². The molecule has 4 aliphatic carbocycles. The van der Waals surface area contributed by atoms with Gasteiger partial charge in [-0.05, 0) is 114 Å². The zero-order valence-corrected chi connectivity index (χ0v) is 20.6. The van der Waals surface area contributed by atoms with Crippen molar-refractivity contribution in [3.8, 4) is 16.9 Å². The molecule has 0 radical (unpaired) electrons. The number of carboxylic acid groups (broad SMARTS) is 1. The molecule has 0 aromatic heterocycles. The number of alkyl halides is 3. The average molecular weight is 531 g/mol. The predicted octanol–water partition coefficient (Wildman–Crippen LogP) is 6.90. The molecule has 4 saturated carbocycles. The summed E-state index contributed by atoms with van der Waals surface area (Å²) in [6.07, 6.45) is 5.83. The van der Waals surface area contributed by atoms with Crippen LogP contribution in [0.3, 0.4) is 0 Å². The van der Waals surface area contributed by atoms with Crippen molar-refractivity contribution in [3.05, 3.63) is 65.7 Å². The number of carbonyl (C=O) groups is 1. The number of benzene rings is 3. The van der Waals surface area contributed by atoms with E-state index in [-0.39, 0.29) is 11.3 Å². The van der Waals surface area contributed by atoms with Gasteiger partial charge in [0.25, 0.3) is 0 Å². The monoisotopic (exact) mass is 530 g/mol. The van der Waals surface area contributed by atoms with Gasteiger partial charge in [0.1, 0.15) is 5.75 Å². The van der Waals surface area contributed by atoms with Crippen molar-refractivity contribution in [1.29, 1.82) is 0 Å². The SMILES string of the molecule is O=C(O)c1ccc2cc(-c3ccc(OS(=O)(=O)C(F)(F)F)c(C45CC6CC(CC(C6)C4)C5)c3)ccc2c1. The summed E-state index contributed by atoms with van der Waals surface area (Å²) in [4.78, 5) is 11.3. The fourth-order valence-electron chi connectivity index (χ4n) is 7.36. The van der Waals surface area contributed by atoms with Crippen LogP contribution in [-0.2, 0) is 15.5 Å². The van der Waals surface area contributed by atoms with Crippen LogP contribution in [0.2, 0.25) is 0 Å². The van der Waals surface area contributed by atoms with Gasteiger partial charge in [0.15, 0.2) is 0 Å². The lowest BCUT2D eigenvalue weighted by atomic mass is 9.48. The number of hydrogen-bond donors (Lipinski definition) is 1. The molecule has 0 atom stereocenters. The molecule has 0 aliphatic heterocycles. The Morgan fingerprint density at radius 1 is 0.838 bits per heavy atom. The van der Waals surface area contributed by atoms with Crippen LogP contribution in [-0.4, -0.2) is 25.0 Å². The lowest BCUT2D eigenvalue weighted by molar-refractivity contribution is -0.0502. The fraction of sp³-hybridized carbons (Fsp3) is 0.393. The molecule has 4 bridgehead atoms. The maximum Gasteiger partial charge on any atom is 0.534 e. The third kappa shape index (κ3) is 4.17. The molecule has 0 amide bonds. The number of carboxylic acids is 1. The quantitative estimate of drug-likeness (QED) is 0.287. The van der Waals surface area contributed by atoms with Crippen LogP contribution in [0.15, 0.2) is 54.6 Å². The summed E-state index contributed by atoms with van der Waals surface area (Å²) < 4.78 is 68.5. The molecule has 9 heteroatoms. The van der Waals surface area contributed by atoms with E-state index in [1.165, 1.54) is 12.1 Å². The van der Waals surface area contributed by atoms with Gasteiger partial charge in [-0.25, -0.2) is 4.79 Å². The van der Waals surface area contributed by atoms with Crippen LogP contribution in [0.25, 0.3) is 21.9 Å². The van der Waals surface area contributed by atoms with Gasteiger partial charge in [-0.2, -0.15) is 21.6 Å². The van der Waals surface area contributed by atoms with E-state index in [0.29, 0.717) is 23.3 Å². The highest BCUT2D eigenvalue weighted by Gasteiger charge is 2.54. The van der Waals surface area contributed by atoms with Crippen LogP contribution >= 0.6 is 0 Å². The van der Waals surface area contributed by atoms with Gasteiger partial charge in [-0.1, -0.05) is 24.3 Å². The number of hydrogen-bond acceptors (Lipinski definition) is 4. The minimum Gasteiger partial charge on any atom is -0.478 e. The van der Waals surface area contributed by atoms with Crippen molar-refractivity contribution in [1.82, 2.24) is 0 Å². The Kier molecular flexibility index (Phi) is 5.39. The second-order valence-corrected chi connectivity index (χ2v) is 12.5. The van der Waals surface area contributed by atoms with E-state index in [9.17, 15) is 31.5 Å². The highest BCUT2D eigenvalue weighted by molar-refractivity contribution is 7.88. The molecule has 4 fully saturated rings. The molecule has 0 spiro atoms. The van der Waals surface area contributed by atoms with Crippen molar-refractivity contribution in [2.45, 2.75) is 49.4 Å². The summed E-state index contributed by atoms with van der Waals surface area (Å²) in [5, 5.41) is 10.8. The topological polar surface area (TPSA) is 80.7 Å². The number of halogens is 3. The fourth-order valence-corrected chi connectivity index (χ4v) is 7.84. The molecule has 5 nitrogen and oxygen atoms in total. The highest BCUT2D eigenvalue weighted by Crippen LogP contribution is 2.62. The van der Waals surface area contributed by atoms with E-state index in [4.69, 9.17) is 4.18 Å². The summed E-state index contributed by atoms with van der Waals surface area (Å²) in [5.41, 5.74) is -3.67. The second-order valence-electron chi connectivity index (χ2n) is 11.0. The van der Waals surface area contributed by atoms with Crippen molar-refractivity contribution >= 4 is 26.9 Å². The predicted molar refractivity (Wildman–Crippen MR) is 132 cm³/mol. The van der Waals surface area contributed by atoms with E-state index in [1.807, 2.05) is 12.1 Å². The first kappa shape index (κ1) is 24.3. The Labute approximate surface area is 212 Å². The van der Waals surface area contributed by atoms with Gasteiger partial charge in [-0.3, -0.25) is 0 Å². The lowest BCUT2D eigenvalue weighted by Crippen LogP contribution is -2.48. The van der Waals surface area contributed by atoms with E-state index >= 15 is 0 Å². The maximum absolute atomic E-state index is 13.2. The first-order valence-corrected chi connectivity index (χ1v) is 13.8. The summed E-state index contributed by atoms with van der Waals surface area (Å²) in [7, 11) is -5.81. The number of rotatable bonds is 5. The standard InChI is InChI=1S/C28H25F3O5S/c29-28(30,31)37(34,35)36-25-6-5-22(20-1-2-21-11-23(26(32)33)4-3-19(21)10-20)12-24(25)27-13-16-7-17(14-27)9-18(8-16)15-27/h1-6,10-12,16-18H,7-9,13-15H2,(H,32,33). The van der Waals surface area contributed by atoms with Gasteiger partial charge in [0.2, 0.25) is 0 Å². The molecule has 3 aromatic carbocycles. The molecule has 1 N–H and O–H groups in total. The first-order chi connectivity index (χ1) is 17.4. The summed E-state index contributed by atoms with van der Waals surface area (Å²) in [5.74, 6) is 0.216. The third-order valence-electron chi connectivity index (χ3n) is 8.49. The van der Waals surface area contributed by atoms with Crippen LogP contribution in [0, 0.1) is 17.8 Å². The van der Waals surface area contributed by atoms with Crippen molar-refractivity contribution in [3.63, 3.8) is 0 Å². The Bertz CT molecular complexity index is 1490. The Balaban J connectivity index is 1.46. The van der Waals surface area contributed by atoms with Crippen molar-refractivity contribution in [2.75, 3.05) is 0 Å². The molecule has 0 saturated heterocycles. The highest BCUT2D eigenvalue weighted by atomic mass is 32.2. The van der Waals surface area contributed by atoms with E-state index in [1.54, 1.807) is 30.3 Å². The Morgan fingerprint density at radius 2 is 1.38 bits per heavy atom.